The number of anilines is 1. The Morgan fingerprint density at radius 1 is 1.00 bits per heavy atom. The van der Waals surface area contributed by atoms with E-state index < -0.39 is 28.9 Å². The lowest BCUT2D eigenvalue weighted by atomic mass is 10.1. The van der Waals surface area contributed by atoms with Crippen LogP contribution in [-0.4, -0.2) is 10.9 Å². The summed E-state index contributed by atoms with van der Waals surface area (Å²) < 4.78 is 39.6. The zero-order valence-corrected chi connectivity index (χ0v) is 8.95. The molecule has 18 heavy (non-hydrogen) atoms. The van der Waals surface area contributed by atoms with Gasteiger partial charge in [-0.05, 0) is 24.3 Å². The maximum absolute atomic E-state index is 13.3. The highest BCUT2D eigenvalue weighted by atomic mass is 19.2. The van der Waals surface area contributed by atoms with Crippen molar-refractivity contribution in [1.29, 1.82) is 0 Å². The van der Waals surface area contributed by atoms with Gasteiger partial charge in [0.2, 0.25) is 0 Å². The highest BCUT2D eigenvalue weighted by molar-refractivity contribution is 6.04. The molecule has 0 radical (unpaired) electrons. The molecule has 1 aromatic heterocycles. The van der Waals surface area contributed by atoms with E-state index in [9.17, 15) is 18.0 Å². The van der Waals surface area contributed by atoms with Crippen LogP contribution >= 0.6 is 0 Å². The number of carbonyl (C=O) groups is 1. The number of nitrogens with zero attached hydrogens (tertiary/aromatic N) is 1. The first-order chi connectivity index (χ1) is 8.59. The Labute approximate surface area is 100 Å². The summed E-state index contributed by atoms with van der Waals surface area (Å²) >= 11 is 0. The quantitative estimate of drug-likeness (QED) is 0.835. The minimum atomic E-state index is -1.51. The fraction of sp³-hybridized carbons (Fsp3) is 0. The Hall–Kier alpha value is -2.37. The van der Waals surface area contributed by atoms with Gasteiger partial charge in [0.25, 0.3) is 5.91 Å². The molecule has 1 aromatic carbocycles. The molecule has 0 unspecified atom stereocenters. The fourth-order valence-electron chi connectivity index (χ4n) is 1.36. The zero-order valence-electron chi connectivity index (χ0n) is 8.95. The lowest BCUT2D eigenvalue weighted by Crippen LogP contribution is -2.16. The summed E-state index contributed by atoms with van der Waals surface area (Å²) in [4.78, 5) is 15.3. The van der Waals surface area contributed by atoms with E-state index in [1.54, 1.807) is 0 Å². The number of rotatable bonds is 2. The second-order valence-corrected chi connectivity index (χ2v) is 3.41. The summed E-state index contributed by atoms with van der Waals surface area (Å²) in [5.41, 5.74) is -0.648. The summed E-state index contributed by atoms with van der Waals surface area (Å²) in [7, 11) is 0. The highest BCUT2D eigenvalue weighted by Crippen LogP contribution is 2.17. The van der Waals surface area contributed by atoms with Crippen LogP contribution in [0.2, 0.25) is 0 Å². The average molecular weight is 252 g/mol. The number of hydrogen-bond donors (Lipinski definition) is 1. The van der Waals surface area contributed by atoms with Crippen LogP contribution in [0.4, 0.5) is 18.9 Å². The molecule has 3 nitrogen and oxygen atoms in total. The van der Waals surface area contributed by atoms with Crippen molar-refractivity contribution in [2.24, 2.45) is 0 Å². The number of pyridine rings is 1. The molecule has 0 saturated carbocycles. The minimum absolute atomic E-state index is 0.304. The van der Waals surface area contributed by atoms with Crippen molar-refractivity contribution < 1.29 is 18.0 Å². The first-order valence-electron chi connectivity index (χ1n) is 4.94. The monoisotopic (exact) mass is 252 g/mol. The number of hydrogen-bond acceptors (Lipinski definition) is 2. The average Bonchev–Trinajstić information content (AvgIpc) is 2.36. The second kappa shape index (κ2) is 4.87. The molecular formula is C12H7F3N2O. The Morgan fingerprint density at radius 3 is 2.28 bits per heavy atom. The Morgan fingerprint density at radius 2 is 1.61 bits per heavy atom. The molecule has 2 rings (SSSR count). The highest BCUT2D eigenvalue weighted by Gasteiger charge is 2.20. The zero-order chi connectivity index (χ0) is 13.1. The van der Waals surface area contributed by atoms with E-state index in [2.05, 4.69) is 10.3 Å². The van der Waals surface area contributed by atoms with Crippen LogP contribution in [0.3, 0.4) is 0 Å². The second-order valence-electron chi connectivity index (χ2n) is 3.41. The number of aromatic nitrogens is 1. The first kappa shape index (κ1) is 12.1. The van der Waals surface area contributed by atoms with Crippen LogP contribution < -0.4 is 5.32 Å². The maximum Gasteiger partial charge on any atom is 0.261 e. The number of carbonyl (C=O) groups excluding carboxylic acids is 1. The van der Waals surface area contributed by atoms with Gasteiger partial charge in [-0.3, -0.25) is 9.78 Å². The van der Waals surface area contributed by atoms with Crippen LogP contribution in [-0.2, 0) is 0 Å². The van der Waals surface area contributed by atoms with E-state index in [1.807, 2.05) is 0 Å². The van der Waals surface area contributed by atoms with Gasteiger partial charge in [0.1, 0.15) is 11.4 Å². The first-order valence-corrected chi connectivity index (χ1v) is 4.94. The van der Waals surface area contributed by atoms with Crippen LogP contribution in [0.25, 0.3) is 0 Å². The third kappa shape index (κ3) is 2.32. The van der Waals surface area contributed by atoms with E-state index >= 15 is 0 Å². The van der Waals surface area contributed by atoms with Gasteiger partial charge in [-0.25, -0.2) is 13.2 Å². The molecule has 0 aliphatic carbocycles. The van der Waals surface area contributed by atoms with Gasteiger partial charge in [0, 0.05) is 18.1 Å². The normalized spacial score (nSPS) is 10.2. The van der Waals surface area contributed by atoms with E-state index in [0.29, 0.717) is 17.8 Å². The molecule has 92 valence electrons. The summed E-state index contributed by atoms with van der Waals surface area (Å²) in [5.74, 6) is -4.98. The van der Waals surface area contributed by atoms with E-state index in [4.69, 9.17) is 0 Å². The Balaban J connectivity index is 2.33. The third-order valence-electron chi connectivity index (χ3n) is 2.21. The molecule has 0 spiro atoms. The van der Waals surface area contributed by atoms with Gasteiger partial charge in [0.15, 0.2) is 11.6 Å². The molecule has 1 heterocycles. The summed E-state index contributed by atoms with van der Waals surface area (Å²) in [5, 5.41) is 2.24. The van der Waals surface area contributed by atoms with Crippen LogP contribution in [0.1, 0.15) is 10.4 Å². The van der Waals surface area contributed by atoms with E-state index in [-0.39, 0.29) is 0 Å². The predicted octanol–water partition coefficient (Wildman–Crippen LogP) is 2.75. The summed E-state index contributed by atoms with van der Waals surface area (Å²) in [6.45, 7) is 0. The summed E-state index contributed by atoms with van der Waals surface area (Å²) in [6.07, 6.45) is 2.79. The molecule has 0 fully saturated rings. The van der Waals surface area contributed by atoms with Gasteiger partial charge in [-0.15, -0.1) is 0 Å². The lowest BCUT2D eigenvalue weighted by Gasteiger charge is -2.07. The van der Waals surface area contributed by atoms with Gasteiger partial charge in [0.05, 0.1) is 0 Å². The molecule has 2 aromatic rings. The van der Waals surface area contributed by atoms with E-state index in [1.165, 1.54) is 24.5 Å². The molecule has 0 aliphatic heterocycles. The van der Waals surface area contributed by atoms with Crippen LogP contribution in [0.15, 0.2) is 36.7 Å². The minimum Gasteiger partial charge on any atom is -0.322 e. The Bertz CT molecular complexity index is 587. The van der Waals surface area contributed by atoms with Crippen molar-refractivity contribution in [2.75, 3.05) is 5.32 Å². The number of benzene rings is 1. The van der Waals surface area contributed by atoms with Gasteiger partial charge in [-0.1, -0.05) is 0 Å². The van der Waals surface area contributed by atoms with E-state index in [0.717, 1.165) is 0 Å². The van der Waals surface area contributed by atoms with Crippen molar-refractivity contribution in [3.05, 3.63) is 59.7 Å². The molecule has 6 heteroatoms. The molecule has 1 N–H and O–H groups in total. The number of amides is 1. The van der Waals surface area contributed by atoms with Gasteiger partial charge in [-0.2, -0.15) is 0 Å². The third-order valence-corrected chi connectivity index (χ3v) is 2.21. The molecule has 0 bridgehead atoms. The number of halogens is 3. The largest absolute Gasteiger partial charge is 0.322 e. The number of nitrogens with one attached hydrogen (secondary N) is 1. The van der Waals surface area contributed by atoms with Crippen molar-refractivity contribution in [3.8, 4) is 0 Å². The fourth-order valence-corrected chi connectivity index (χ4v) is 1.36. The molecule has 0 atom stereocenters. The lowest BCUT2D eigenvalue weighted by molar-refractivity contribution is 0.101. The van der Waals surface area contributed by atoms with Crippen LogP contribution in [0.5, 0.6) is 0 Å². The van der Waals surface area contributed by atoms with Gasteiger partial charge < -0.3 is 5.32 Å². The molecular weight excluding hydrogens is 245 g/mol. The predicted molar refractivity (Wildman–Crippen MR) is 58.5 cm³/mol. The SMILES string of the molecule is O=C(Nc1ccncc1)c1c(F)ccc(F)c1F. The summed E-state index contributed by atoms with van der Waals surface area (Å²) in [6, 6.07) is 4.19. The van der Waals surface area contributed by atoms with Crippen molar-refractivity contribution in [2.45, 2.75) is 0 Å². The van der Waals surface area contributed by atoms with Crippen molar-refractivity contribution >= 4 is 11.6 Å². The molecule has 0 saturated heterocycles. The topological polar surface area (TPSA) is 42.0 Å². The molecule has 1 amide bonds. The van der Waals surface area contributed by atoms with Crippen molar-refractivity contribution in [1.82, 2.24) is 4.98 Å². The van der Waals surface area contributed by atoms with Crippen molar-refractivity contribution in [3.63, 3.8) is 0 Å². The molecule has 0 aliphatic rings. The van der Waals surface area contributed by atoms with Gasteiger partial charge >= 0.3 is 0 Å². The van der Waals surface area contributed by atoms with Crippen LogP contribution in [0, 0.1) is 17.5 Å². The Kier molecular flexibility index (Phi) is 3.27. The smallest absolute Gasteiger partial charge is 0.261 e. The standard InChI is InChI=1S/C12H7F3N2O/c13-8-1-2-9(14)11(15)10(8)12(18)17-7-3-5-16-6-4-7/h1-6H,(H,16,17,18). The maximum atomic E-state index is 13.3.